The number of carbonyl (C=O) groups is 1. The predicted octanol–water partition coefficient (Wildman–Crippen LogP) is -3.26. The third kappa shape index (κ3) is 3.99. The van der Waals surface area contributed by atoms with Gasteiger partial charge in [-0.1, -0.05) is 0 Å². The molecule has 3 rings (SSSR count). The Morgan fingerprint density at radius 3 is 2.85 bits per heavy atom. The molecule has 0 aliphatic carbocycles. The lowest BCUT2D eigenvalue weighted by Crippen LogP contribution is -2.43. The molecule has 0 spiro atoms. The van der Waals surface area contributed by atoms with Crippen LogP contribution in [0.4, 0.5) is 5.82 Å². The number of rotatable bonds is 7. The number of anilines is 1. The van der Waals surface area contributed by atoms with Crippen LogP contribution in [0.3, 0.4) is 0 Å². The highest BCUT2D eigenvalue weighted by Gasteiger charge is 2.46. The summed E-state index contributed by atoms with van der Waals surface area (Å²) >= 11 is 0. The van der Waals surface area contributed by atoms with Crippen molar-refractivity contribution >= 4 is 33.8 Å². The summed E-state index contributed by atoms with van der Waals surface area (Å²) in [6.07, 6.45) is 1.17. The van der Waals surface area contributed by atoms with Crippen molar-refractivity contribution in [1.82, 2.24) is 19.5 Å². The summed E-state index contributed by atoms with van der Waals surface area (Å²) in [6, 6.07) is -1.02. The Balaban J connectivity index is 1.68. The number of nitrogens with two attached hydrogens (primary N) is 2. The van der Waals surface area contributed by atoms with Gasteiger partial charge in [-0.05, 0) is 10.9 Å². The molecular formula is C15H22N6O5S. The molecule has 1 aliphatic rings. The molecule has 0 saturated carbocycles. The molecule has 1 fully saturated rings. The molecule has 1 unspecified atom stereocenters. The molecule has 12 heteroatoms. The second-order valence-corrected chi connectivity index (χ2v) is 8.80. The molecule has 11 nitrogen and oxygen atoms in total. The number of nitrogen functional groups attached to an aromatic ring is 1. The van der Waals surface area contributed by atoms with Crippen molar-refractivity contribution in [1.29, 1.82) is 0 Å². The highest BCUT2D eigenvalue weighted by atomic mass is 32.2. The van der Waals surface area contributed by atoms with Crippen LogP contribution in [0, 0.1) is 0 Å². The lowest BCUT2D eigenvalue weighted by atomic mass is 10.1. The van der Waals surface area contributed by atoms with E-state index in [4.69, 9.17) is 16.2 Å². The fraction of sp³-hybridized carbons (Fsp3) is 0.600. The van der Waals surface area contributed by atoms with E-state index in [0.717, 1.165) is 0 Å². The lowest BCUT2D eigenvalue weighted by molar-refractivity contribution is -0.307. The van der Waals surface area contributed by atoms with Crippen LogP contribution in [0.5, 0.6) is 0 Å². The first-order valence-corrected chi connectivity index (χ1v) is 10.3. The van der Waals surface area contributed by atoms with Crippen molar-refractivity contribution < 1.29 is 24.9 Å². The zero-order chi connectivity index (χ0) is 19.7. The molecule has 2 aromatic heterocycles. The van der Waals surface area contributed by atoms with Crippen molar-refractivity contribution in [2.45, 2.75) is 37.0 Å². The van der Waals surface area contributed by atoms with E-state index in [2.05, 4.69) is 15.0 Å². The molecule has 0 aromatic carbocycles. The minimum Gasteiger partial charge on any atom is -0.548 e. The molecule has 0 amide bonds. The van der Waals surface area contributed by atoms with Gasteiger partial charge in [0.2, 0.25) is 0 Å². The minimum absolute atomic E-state index is 0.211. The molecular weight excluding hydrogens is 376 g/mol. The van der Waals surface area contributed by atoms with Crippen molar-refractivity contribution in [3.63, 3.8) is 0 Å². The van der Waals surface area contributed by atoms with E-state index >= 15 is 0 Å². The number of carboxylic acid groups (broad SMARTS) is 1. The van der Waals surface area contributed by atoms with E-state index in [1.807, 2.05) is 6.26 Å². The fourth-order valence-electron chi connectivity index (χ4n) is 2.96. The van der Waals surface area contributed by atoms with E-state index in [-0.39, 0.29) is 23.1 Å². The van der Waals surface area contributed by atoms with Crippen molar-refractivity contribution in [3.8, 4) is 0 Å². The summed E-state index contributed by atoms with van der Waals surface area (Å²) in [5.41, 5.74) is 12.0. The third-order valence-corrected chi connectivity index (χ3v) is 6.36. The normalized spacial score (nSPS) is 27.7. The summed E-state index contributed by atoms with van der Waals surface area (Å²) in [5, 5.41) is 31.5. The Kier molecular flexibility index (Phi) is 5.81. The van der Waals surface area contributed by atoms with Crippen molar-refractivity contribution in [2.24, 2.45) is 5.73 Å². The van der Waals surface area contributed by atoms with E-state index in [1.54, 1.807) is 0 Å². The average Bonchev–Trinajstić information content (AvgIpc) is 3.17. The molecule has 6 atom stereocenters. The van der Waals surface area contributed by atoms with E-state index in [0.29, 0.717) is 22.7 Å². The largest absolute Gasteiger partial charge is 0.548 e. The molecule has 0 bridgehead atoms. The van der Waals surface area contributed by atoms with Gasteiger partial charge < -0.3 is 36.3 Å². The van der Waals surface area contributed by atoms with Gasteiger partial charge in [0.1, 0.15) is 41.7 Å². The summed E-state index contributed by atoms with van der Waals surface area (Å²) in [6.45, 7) is 0. The smallest absolute Gasteiger partial charge is 0.167 e. The van der Waals surface area contributed by atoms with E-state index < -0.39 is 36.6 Å². The topological polar surface area (TPSA) is 185 Å². The number of hydrogen-bond acceptors (Lipinski definition) is 10. The van der Waals surface area contributed by atoms with Gasteiger partial charge in [0, 0.05) is 12.5 Å². The fourth-order valence-corrected chi connectivity index (χ4v) is 4.62. The van der Waals surface area contributed by atoms with Gasteiger partial charge in [-0.3, -0.25) is 4.57 Å². The number of carboxylic acids is 1. The maximum absolute atomic E-state index is 10.7. The van der Waals surface area contributed by atoms with Crippen molar-refractivity contribution in [2.75, 3.05) is 23.5 Å². The second kappa shape index (κ2) is 7.94. The van der Waals surface area contributed by atoms with Crippen LogP contribution in [0.15, 0.2) is 12.7 Å². The van der Waals surface area contributed by atoms with Gasteiger partial charge in [-0.25, -0.2) is 15.0 Å². The summed E-state index contributed by atoms with van der Waals surface area (Å²) in [7, 11) is -0.263. The number of imidazole rings is 1. The van der Waals surface area contributed by atoms with E-state index in [1.165, 1.54) is 17.2 Å². The third-order valence-electron chi connectivity index (χ3n) is 4.53. The molecule has 27 heavy (non-hydrogen) atoms. The number of hydrogen-bond donors (Lipinski definition) is 4. The van der Waals surface area contributed by atoms with Crippen LogP contribution < -0.4 is 16.6 Å². The van der Waals surface area contributed by atoms with Gasteiger partial charge >= 0.3 is 0 Å². The number of aliphatic carboxylic acids is 1. The zero-order valence-electron chi connectivity index (χ0n) is 14.6. The monoisotopic (exact) mass is 398 g/mol. The Hall–Kier alpha value is -1.99. The number of aromatic nitrogens is 4. The Morgan fingerprint density at radius 2 is 2.15 bits per heavy atom. The van der Waals surface area contributed by atoms with Crippen LogP contribution >= 0.6 is 0 Å². The summed E-state index contributed by atoms with van der Waals surface area (Å²) in [5.74, 6) is -0.0611. The van der Waals surface area contributed by atoms with Gasteiger partial charge in [0.15, 0.2) is 17.7 Å². The SMILES string of the molecule is C[S+](CC[C@@H](N)C(=O)[O-])C[C@H]1O[C@@H](n2cnc3c(N)ncnc32)[C@@H](O)[C@H]1O. The Bertz CT molecular complexity index is 819. The number of aliphatic hydroxyl groups is 2. The van der Waals surface area contributed by atoms with Crippen LogP contribution in [-0.2, 0) is 20.4 Å². The number of fused-ring (bicyclic) bond motifs is 1. The number of carbonyl (C=O) groups excluding carboxylic acids is 1. The summed E-state index contributed by atoms with van der Waals surface area (Å²) in [4.78, 5) is 22.8. The maximum Gasteiger partial charge on any atom is 0.167 e. The lowest BCUT2D eigenvalue weighted by Gasteiger charge is -2.16. The molecule has 0 radical (unpaired) electrons. The molecule has 6 N–H and O–H groups in total. The zero-order valence-corrected chi connectivity index (χ0v) is 15.5. The van der Waals surface area contributed by atoms with Gasteiger partial charge in [0.05, 0.1) is 18.6 Å². The predicted molar refractivity (Wildman–Crippen MR) is 96.3 cm³/mol. The van der Waals surface area contributed by atoms with Gasteiger partial charge in [-0.2, -0.15) is 0 Å². The average molecular weight is 398 g/mol. The highest BCUT2D eigenvalue weighted by Crippen LogP contribution is 2.32. The van der Waals surface area contributed by atoms with Crippen molar-refractivity contribution in [3.05, 3.63) is 12.7 Å². The summed E-state index contributed by atoms with van der Waals surface area (Å²) < 4.78 is 7.39. The first-order chi connectivity index (χ1) is 12.8. The van der Waals surface area contributed by atoms with E-state index in [9.17, 15) is 20.1 Å². The van der Waals surface area contributed by atoms with Crippen LogP contribution in [0.25, 0.3) is 11.2 Å². The van der Waals surface area contributed by atoms with Gasteiger partial charge in [-0.15, -0.1) is 0 Å². The first-order valence-electron chi connectivity index (χ1n) is 8.29. The second-order valence-electron chi connectivity index (χ2n) is 6.50. The Labute approximate surface area is 157 Å². The molecule has 148 valence electrons. The van der Waals surface area contributed by atoms with Crippen LogP contribution in [-0.4, -0.2) is 77.8 Å². The number of ether oxygens (including phenoxy) is 1. The minimum atomic E-state index is -1.28. The molecule has 1 aliphatic heterocycles. The first kappa shape index (κ1) is 19.8. The quantitative estimate of drug-likeness (QED) is 0.345. The Morgan fingerprint density at radius 1 is 1.41 bits per heavy atom. The standard InChI is InChI=1S/C15H22N6O5S/c1-27(3-2-7(16)15(24)25)4-8-10(22)11(23)14(26-8)21-6-20-9-12(17)18-5-19-13(9)21/h5-8,10-11,14,22-23H,2-4,16H2,1H3,(H2-,17,18,19,24,25)/t7-,8-,10+,11+,14-,27?/m1/s1. The highest BCUT2D eigenvalue weighted by molar-refractivity contribution is 7.96. The number of nitrogens with zero attached hydrogens (tertiary/aromatic N) is 4. The molecule has 3 heterocycles. The number of aliphatic hydroxyl groups excluding tert-OH is 2. The van der Waals surface area contributed by atoms with Gasteiger partial charge in [0.25, 0.3) is 0 Å². The van der Waals surface area contributed by atoms with Crippen LogP contribution in [0.1, 0.15) is 12.6 Å². The molecule has 2 aromatic rings. The maximum atomic E-state index is 10.7. The molecule has 1 saturated heterocycles. The van der Waals surface area contributed by atoms with Crippen LogP contribution in [0.2, 0.25) is 0 Å².